The quantitative estimate of drug-likeness (QED) is 0.711. The van der Waals surface area contributed by atoms with Crippen LogP contribution in [0.2, 0.25) is 0 Å². The number of carbonyl (C=O) groups excluding carboxylic acids is 1. The number of fused-ring (bicyclic) bond motifs is 1. The van der Waals surface area contributed by atoms with Crippen LogP contribution in [-0.2, 0) is 16.6 Å². The fourth-order valence-electron chi connectivity index (χ4n) is 2.35. The van der Waals surface area contributed by atoms with Crippen molar-refractivity contribution in [1.29, 1.82) is 0 Å². The van der Waals surface area contributed by atoms with Crippen molar-refractivity contribution < 1.29 is 13.2 Å². The lowest BCUT2D eigenvalue weighted by Crippen LogP contribution is -2.16. The third-order valence-corrected chi connectivity index (χ3v) is 5.46. The van der Waals surface area contributed by atoms with Crippen molar-refractivity contribution >= 4 is 37.5 Å². The number of hydrogen-bond acceptors (Lipinski definition) is 4. The van der Waals surface area contributed by atoms with E-state index in [2.05, 4.69) is 11.6 Å². The molecule has 3 rings (SSSR count). The SMILES string of the molecule is C=CCn1c(=NC(=O)c2ccccc2)sc2cc(S(N)(=O)=O)ccc21. The molecule has 0 spiro atoms. The molecular weight excluding hydrogens is 358 g/mol. The molecule has 8 heteroatoms. The van der Waals surface area contributed by atoms with E-state index in [9.17, 15) is 13.2 Å². The zero-order valence-electron chi connectivity index (χ0n) is 13.1. The predicted octanol–water partition coefficient (Wildman–Crippen LogP) is 2.28. The van der Waals surface area contributed by atoms with E-state index < -0.39 is 10.0 Å². The lowest BCUT2D eigenvalue weighted by Gasteiger charge is -2.02. The Labute approximate surface area is 148 Å². The molecule has 0 atom stereocenters. The van der Waals surface area contributed by atoms with Crippen molar-refractivity contribution in [3.05, 3.63) is 71.6 Å². The first-order valence-electron chi connectivity index (χ1n) is 7.31. The third-order valence-electron chi connectivity index (χ3n) is 3.51. The Morgan fingerprint density at radius 3 is 2.60 bits per heavy atom. The summed E-state index contributed by atoms with van der Waals surface area (Å²) in [5.41, 5.74) is 1.24. The molecule has 3 aromatic rings. The summed E-state index contributed by atoms with van der Waals surface area (Å²) in [6.45, 7) is 4.16. The number of hydrogen-bond donors (Lipinski definition) is 1. The van der Waals surface area contributed by atoms with E-state index in [1.54, 1.807) is 41.0 Å². The van der Waals surface area contributed by atoms with E-state index in [1.165, 1.54) is 23.5 Å². The summed E-state index contributed by atoms with van der Waals surface area (Å²) >= 11 is 1.22. The Kier molecular flexibility index (Phi) is 4.67. The van der Waals surface area contributed by atoms with Crippen LogP contribution in [0.25, 0.3) is 10.2 Å². The van der Waals surface area contributed by atoms with E-state index in [1.807, 2.05) is 6.07 Å². The standard InChI is InChI=1S/C17H15N3O3S2/c1-2-10-20-14-9-8-13(25(18,22)23)11-15(14)24-17(20)19-16(21)12-6-4-3-5-7-12/h2-9,11H,1,10H2,(H2,18,22,23). The number of aromatic nitrogens is 1. The monoisotopic (exact) mass is 373 g/mol. The average molecular weight is 373 g/mol. The van der Waals surface area contributed by atoms with Crippen molar-refractivity contribution in [2.75, 3.05) is 0 Å². The first-order valence-corrected chi connectivity index (χ1v) is 9.67. The molecule has 128 valence electrons. The van der Waals surface area contributed by atoms with Crippen LogP contribution in [0.5, 0.6) is 0 Å². The molecule has 0 aliphatic carbocycles. The number of thiazole rings is 1. The van der Waals surface area contributed by atoms with Crippen LogP contribution < -0.4 is 9.94 Å². The number of allylic oxidation sites excluding steroid dienone is 1. The first kappa shape index (κ1) is 17.3. The highest BCUT2D eigenvalue weighted by molar-refractivity contribution is 7.89. The fourth-order valence-corrected chi connectivity index (χ4v) is 4.04. The van der Waals surface area contributed by atoms with Gasteiger partial charge in [0.1, 0.15) is 0 Å². The van der Waals surface area contributed by atoms with Gasteiger partial charge >= 0.3 is 0 Å². The predicted molar refractivity (Wildman–Crippen MR) is 97.7 cm³/mol. The molecule has 1 heterocycles. The minimum Gasteiger partial charge on any atom is -0.312 e. The van der Waals surface area contributed by atoms with E-state index >= 15 is 0 Å². The molecular formula is C17H15N3O3S2. The second kappa shape index (κ2) is 6.75. The number of nitrogens with two attached hydrogens (primary N) is 1. The molecule has 1 aromatic heterocycles. The number of nitrogens with zero attached hydrogens (tertiary/aromatic N) is 2. The summed E-state index contributed by atoms with van der Waals surface area (Å²) in [6, 6.07) is 13.3. The first-order chi connectivity index (χ1) is 11.9. The van der Waals surface area contributed by atoms with Crippen LogP contribution in [0, 0.1) is 0 Å². The van der Waals surface area contributed by atoms with Crippen LogP contribution in [0.1, 0.15) is 10.4 Å². The lowest BCUT2D eigenvalue weighted by molar-refractivity contribution is 0.0998. The zero-order valence-corrected chi connectivity index (χ0v) is 14.8. The Bertz CT molecular complexity index is 1130. The highest BCUT2D eigenvalue weighted by atomic mass is 32.2. The molecule has 0 saturated heterocycles. The van der Waals surface area contributed by atoms with Crippen molar-refractivity contribution in [1.82, 2.24) is 4.57 Å². The molecule has 0 saturated carbocycles. The lowest BCUT2D eigenvalue weighted by atomic mass is 10.2. The average Bonchev–Trinajstić information content (AvgIpc) is 2.92. The normalized spacial score (nSPS) is 12.4. The molecule has 6 nitrogen and oxygen atoms in total. The van der Waals surface area contributed by atoms with Gasteiger partial charge in [-0.2, -0.15) is 4.99 Å². The molecule has 0 aliphatic rings. The number of rotatable bonds is 4. The van der Waals surface area contributed by atoms with Crippen LogP contribution in [0.15, 0.2) is 71.1 Å². The summed E-state index contributed by atoms with van der Waals surface area (Å²) in [5, 5.41) is 5.18. The van der Waals surface area contributed by atoms with Gasteiger partial charge in [0.15, 0.2) is 4.80 Å². The van der Waals surface area contributed by atoms with Crippen LogP contribution >= 0.6 is 11.3 Å². The maximum atomic E-state index is 12.4. The van der Waals surface area contributed by atoms with Gasteiger partial charge in [0.05, 0.1) is 15.1 Å². The van der Waals surface area contributed by atoms with E-state index in [0.29, 0.717) is 21.6 Å². The second-order valence-corrected chi connectivity index (χ2v) is 7.81. The van der Waals surface area contributed by atoms with Gasteiger partial charge in [-0.3, -0.25) is 4.79 Å². The van der Waals surface area contributed by atoms with Crippen LogP contribution in [0.4, 0.5) is 0 Å². The Morgan fingerprint density at radius 1 is 1.24 bits per heavy atom. The van der Waals surface area contributed by atoms with Crippen molar-refractivity contribution in [2.24, 2.45) is 10.1 Å². The smallest absolute Gasteiger partial charge is 0.279 e. The molecule has 1 amide bonds. The van der Waals surface area contributed by atoms with E-state index in [0.717, 1.165) is 5.52 Å². The van der Waals surface area contributed by atoms with Gasteiger partial charge in [-0.15, -0.1) is 6.58 Å². The Balaban J connectivity index is 2.20. The van der Waals surface area contributed by atoms with Crippen molar-refractivity contribution in [2.45, 2.75) is 11.4 Å². The van der Waals surface area contributed by atoms with Crippen molar-refractivity contribution in [3.63, 3.8) is 0 Å². The number of primary sulfonamides is 1. The molecule has 2 N–H and O–H groups in total. The summed E-state index contributed by atoms with van der Waals surface area (Å²) < 4.78 is 25.6. The van der Waals surface area contributed by atoms with Crippen LogP contribution in [-0.4, -0.2) is 18.9 Å². The molecule has 0 radical (unpaired) electrons. The summed E-state index contributed by atoms with van der Waals surface area (Å²) in [5.74, 6) is -0.364. The van der Waals surface area contributed by atoms with Gasteiger partial charge in [-0.25, -0.2) is 13.6 Å². The summed E-state index contributed by atoms with van der Waals surface area (Å²) in [4.78, 5) is 17.0. The fraction of sp³-hybridized carbons (Fsp3) is 0.0588. The number of benzene rings is 2. The van der Waals surface area contributed by atoms with Gasteiger partial charge in [-0.1, -0.05) is 35.6 Å². The van der Waals surface area contributed by atoms with Gasteiger partial charge in [0.25, 0.3) is 5.91 Å². The van der Waals surface area contributed by atoms with Gasteiger partial charge in [0, 0.05) is 12.1 Å². The number of carbonyl (C=O) groups is 1. The number of sulfonamides is 1. The summed E-state index contributed by atoms with van der Waals surface area (Å²) in [7, 11) is -3.80. The minimum atomic E-state index is -3.80. The molecule has 0 aliphatic heterocycles. The molecule has 0 bridgehead atoms. The summed E-state index contributed by atoms with van der Waals surface area (Å²) in [6.07, 6.45) is 1.69. The van der Waals surface area contributed by atoms with E-state index in [-0.39, 0.29) is 10.8 Å². The van der Waals surface area contributed by atoms with Gasteiger partial charge < -0.3 is 4.57 Å². The highest BCUT2D eigenvalue weighted by Crippen LogP contribution is 2.21. The molecule has 0 unspecified atom stereocenters. The molecule has 0 fully saturated rings. The maximum Gasteiger partial charge on any atom is 0.279 e. The van der Waals surface area contributed by atoms with Crippen LogP contribution in [0.3, 0.4) is 0 Å². The molecule has 2 aromatic carbocycles. The van der Waals surface area contributed by atoms with Crippen molar-refractivity contribution in [3.8, 4) is 0 Å². The minimum absolute atomic E-state index is 0.0212. The largest absolute Gasteiger partial charge is 0.312 e. The highest BCUT2D eigenvalue weighted by Gasteiger charge is 2.13. The second-order valence-electron chi connectivity index (χ2n) is 5.24. The van der Waals surface area contributed by atoms with Gasteiger partial charge in [-0.05, 0) is 30.3 Å². The topological polar surface area (TPSA) is 94.5 Å². The zero-order chi connectivity index (χ0) is 18.0. The number of amides is 1. The third kappa shape index (κ3) is 3.60. The molecule has 25 heavy (non-hydrogen) atoms. The van der Waals surface area contributed by atoms with Gasteiger partial charge in [0.2, 0.25) is 10.0 Å². The Morgan fingerprint density at radius 2 is 1.96 bits per heavy atom. The maximum absolute atomic E-state index is 12.4. The Hall–Kier alpha value is -2.55. The van der Waals surface area contributed by atoms with E-state index in [4.69, 9.17) is 5.14 Å².